The van der Waals surface area contributed by atoms with Gasteiger partial charge in [0.1, 0.15) is 17.4 Å². The molecule has 0 spiro atoms. The lowest BCUT2D eigenvalue weighted by atomic mass is 10.0. The molecule has 7 nitrogen and oxygen atoms in total. The summed E-state index contributed by atoms with van der Waals surface area (Å²) in [5, 5.41) is 12.2. The molecule has 1 amide bonds. The van der Waals surface area contributed by atoms with E-state index in [1.807, 2.05) is 0 Å². The fraction of sp³-hybridized carbons (Fsp3) is 0.0769. The van der Waals surface area contributed by atoms with Crippen molar-refractivity contribution in [3.8, 4) is 11.8 Å². The zero-order valence-electron chi connectivity index (χ0n) is 18.1. The van der Waals surface area contributed by atoms with Crippen molar-refractivity contribution >= 4 is 41.0 Å². The van der Waals surface area contributed by atoms with Gasteiger partial charge >= 0.3 is 5.97 Å². The molecule has 0 atom stereocenters. The molecule has 0 radical (unpaired) electrons. The first-order chi connectivity index (χ1) is 16.4. The lowest BCUT2D eigenvalue weighted by molar-refractivity contribution is -0.142. The van der Waals surface area contributed by atoms with Crippen LogP contribution in [-0.4, -0.2) is 31.4 Å². The molecule has 1 N–H and O–H groups in total. The maximum atomic E-state index is 12.9. The van der Waals surface area contributed by atoms with Crippen molar-refractivity contribution in [2.75, 3.05) is 19.0 Å². The largest absolute Gasteiger partial charge is 0.497 e. The van der Waals surface area contributed by atoms with Crippen LogP contribution in [0.2, 0.25) is 5.02 Å². The molecule has 0 unspecified atom stereocenters. The predicted molar refractivity (Wildman–Crippen MR) is 127 cm³/mol. The van der Waals surface area contributed by atoms with Gasteiger partial charge in [-0.1, -0.05) is 54.1 Å². The van der Waals surface area contributed by atoms with E-state index in [0.717, 1.165) is 0 Å². The van der Waals surface area contributed by atoms with Crippen molar-refractivity contribution in [1.82, 2.24) is 0 Å². The second kappa shape index (κ2) is 11.5. The van der Waals surface area contributed by atoms with E-state index < -0.39 is 18.5 Å². The summed E-state index contributed by atoms with van der Waals surface area (Å²) in [5.74, 6) is -1.34. The molecule has 8 heteroatoms. The molecular formula is C26H19ClN2O5. The van der Waals surface area contributed by atoms with Gasteiger partial charge in [0.15, 0.2) is 12.4 Å². The van der Waals surface area contributed by atoms with Crippen molar-refractivity contribution in [3.63, 3.8) is 0 Å². The Kier molecular flexibility index (Phi) is 8.16. The van der Waals surface area contributed by atoms with Crippen LogP contribution in [0, 0.1) is 11.3 Å². The quantitative estimate of drug-likeness (QED) is 0.220. The van der Waals surface area contributed by atoms with Gasteiger partial charge in [0.05, 0.1) is 12.8 Å². The Morgan fingerprint density at radius 3 is 2.38 bits per heavy atom. The highest BCUT2D eigenvalue weighted by Gasteiger charge is 2.18. The summed E-state index contributed by atoms with van der Waals surface area (Å²) in [6, 6.07) is 21.5. The molecule has 0 saturated carbocycles. The van der Waals surface area contributed by atoms with Crippen LogP contribution in [0.1, 0.15) is 21.5 Å². The van der Waals surface area contributed by atoms with Crippen LogP contribution in [0.15, 0.2) is 78.4 Å². The van der Waals surface area contributed by atoms with Crippen molar-refractivity contribution in [3.05, 3.63) is 100 Å². The zero-order valence-corrected chi connectivity index (χ0v) is 18.8. The average molecular weight is 475 g/mol. The highest BCUT2D eigenvalue weighted by molar-refractivity contribution is 6.31. The SMILES string of the molecule is COc1ccc(/C=C(\C#N)C(=O)OCC(=O)Nc2ccc(Cl)cc2C(=O)c2ccccc2)cc1. The molecule has 0 aliphatic rings. The van der Waals surface area contributed by atoms with Crippen LogP contribution in [-0.2, 0) is 14.3 Å². The standard InChI is InChI=1S/C26H19ClN2O5/c1-33-21-10-7-17(8-11-21)13-19(15-28)26(32)34-16-24(30)29-23-12-9-20(27)14-22(23)25(31)18-5-3-2-4-6-18/h2-14H,16H2,1H3,(H,29,30)/b19-13+. The van der Waals surface area contributed by atoms with Crippen LogP contribution in [0.5, 0.6) is 5.75 Å². The van der Waals surface area contributed by atoms with Crippen molar-refractivity contribution in [2.24, 2.45) is 0 Å². The number of amides is 1. The fourth-order valence-corrected chi connectivity index (χ4v) is 3.13. The van der Waals surface area contributed by atoms with E-state index in [4.69, 9.17) is 21.1 Å². The van der Waals surface area contributed by atoms with Gasteiger partial charge < -0.3 is 14.8 Å². The second-order valence-corrected chi connectivity index (χ2v) is 7.39. The first kappa shape index (κ1) is 24.2. The molecule has 3 aromatic carbocycles. The van der Waals surface area contributed by atoms with Gasteiger partial charge in [-0.3, -0.25) is 9.59 Å². The highest BCUT2D eigenvalue weighted by Crippen LogP contribution is 2.24. The molecule has 3 aromatic rings. The van der Waals surface area contributed by atoms with Crippen molar-refractivity contribution < 1.29 is 23.9 Å². The van der Waals surface area contributed by atoms with E-state index in [9.17, 15) is 19.6 Å². The number of ether oxygens (including phenoxy) is 2. The van der Waals surface area contributed by atoms with E-state index in [2.05, 4.69) is 5.32 Å². The summed E-state index contributed by atoms with van der Waals surface area (Å²) in [6.45, 7) is -0.651. The average Bonchev–Trinajstić information content (AvgIpc) is 2.87. The van der Waals surface area contributed by atoms with E-state index in [0.29, 0.717) is 21.9 Å². The van der Waals surface area contributed by atoms with Crippen LogP contribution in [0.25, 0.3) is 6.08 Å². The maximum Gasteiger partial charge on any atom is 0.349 e. The number of benzene rings is 3. The van der Waals surface area contributed by atoms with Gasteiger partial charge in [0, 0.05) is 16.1 Å². The molecule has 3 rings (SSSR count). The smallest absolute Gasteiger partial charge is 0.349 e. The van der Waals surface area contributed by atoms with Gasteiger partial charge in [-0.2, -0.15) is 5.26 Å². The monoisotopic (exact) mass is 474 g/mol. The topological polar surface area (TPSA) is 105 Å². The lowest BCUT2D eigenvalue weighted by Crippen LogP contribution is -2.22. The normalized spacial score (nSPS) is 10.7. The number of nitrogens with one attached hydrogen (secondary N) is 1. The number of esters is 1. The van der Waals surface area contributed by atoms with Gasteiger partial charge in [-0.15, -0.1) is 0 Å². The van der Waals surface area contributed by atoms with E-state index in [1.54, 1.807) is 60.7 Å². The number of methoxy groups -OCH3 is 1. The number of ketones is 1. The zero-order chi connectivity index (χ0) is 24.5. The number of nitrogens with zero attached hydrogens (tertiary/aromatic N) is 1. The lowest BCUT2D eigenvalue weighted by Gasteiger charge is -2.11. The first-order valence-electron chi connectivity index (χ1n) is 10.0. The minimum atomic E-state index is -0.954. The summed E-state index contributed by atoms with van der Waals surface area (Å²) in [7, 11) is 1.53. The Morgan fingerprint density at radius 2 is 1.74 bits per heavy atom. The number of rotatable bonds is 8. The van der Waals surface area contributed by atoms with Gasteiger partial charge in [0.25, 0.3) is 5.91 Å². The first-order valence-corrected chi connectivity index (χ1v) is 10.4. The van der Waals surface area contributed by atoms with E-state index in [-0.39, 0.29) is 22.6 Å². The molecule has 0 saturated heterocycles. The minimum absolute atomic E-state index is 0.190. The van der Waals surface area contributed by atoms with Crippen LogP contribution in [0.4, 0.5) is 5.69 Å². The predicted octanol–water partition coefficient (Wildman–Crippen LogP) is 4.67. The number of carbonyl (C=O) groups excluding carboxylic acids is 3. The van der Waals surface area contributed by atoms with Crippen molar-refractivity contribution in [2.45, 2.75) is 0 Å². The Bertz CT molecular complexity index is 1280. The number of hydrogen-bond acceptors (Lipinski definition) is 6. The van der Waals surface area contributed by atoms with Crippen LogP contribution < -0.4 is 10.1 Å². The third kappa shape index (κ3) is 6.31. The van der Waals surface area contributed by atoms with Gasteiger partial charge in [0.2, 0.25) is 0 Å². The summed E-state index contributed by atoms with van der Waals surface area (Å²) < 4.78 is 10.0. The van der Waals surface area contributed by atoms with Gasteiger partial charge in [-0.05, 0) is 42.0 Å². The number of halogens is 1. The maximum absolute atomic E-state index is 12.9. The molecule has 0 aromatic heterocycles. The molecule has 170 valence electrons. The Morgan fingerprint density at radius 1 is 1.03 bits per heavy atom. The highest BCUT2D eigenvalue weighted by atomic mass is 35.5. The molecule has 0 aliphatic heterocycles. The van der Waals surface area contributed by atoms with E-state index in [1.165, 1.54) is 31.4 Å². The third-order valence-electron chi connectivity index (χ3n) is 4.64. The van der Waals surface area contributed by atoms with Crippen LogP contribution in [0.3, 0.4) is 0 Å². The van der Waals surface area contributed by atoms with Crippen molar-refractivity contribution in [1.29, 1.82) is 5.26 Å². The second-order valence-electron chi connectivity index (χ2n) is 6.95. The Labute approximate surface area is 201 Å². The molecule has 0 heterocycles. The Balaban J connectivity index is 1.67. The van der Waals surface area contributed by atoms with E-state index >= 15 is 0 Å². The Hall–Kier alpha value is -4.41. The third-order valence-corrected chi connectivity index (χ3v) is 4.87. The molecule has 0 bridgehead atoms. The fourth-order valence-electron chi connectivity index (χ4n) is 2.96. The summed E-state index contributed by atoms with van der Waals surface area (Å²) in [4.78, 5) is 37.5. The van der Waals surface area contributed by atoms with Gasteiger partial charge in [-0.25, -0.2) is 4.79 Å². The number of nitriles is 1. The molecular weight excluding hydrogens is 456 g/mol. The number of carbonyl (C=O) groups is 3. The number of hydrogen-bond donors (Lipinski definition) is 1. The number of anilines is 1. The summed E-state index contributed by atoms with van der Waals surface area (Å²) in [5.41, 5.74) is 1.14. The van der Waals surface area contributed by atoms with Crippen LogP contribution >= 0.6 is 11.6 Å². The summed E-state index contributed by atoms with van der Waals surface area (Å²) >= 11 is 6.04. The minimum Gasteiger partial charge on any atom is -0.497 e. The molecule has 0 aliphatic carbocycles. The molecule has 0 fully saturated rings. The summed E-state index contributed by atoms with van der Waals surface area (Å²) in [6.07, 6.45) is 1.34. The molecule has 34 heavy (non-hydrogen) atoms.